The molecule has 0 amide bonds. The second-order valence-corrected chi connectivity index (χ2v) is 16.6. The number of carbonyl (C=O) groups is 2. The van der Waals surface area contributed by atoms with Crippen LogP contribution in [0.4, 0.5) is 0 Å². The maximum atomic E-state index is 12.6. The van der Waals surface area contributed by atoms with Gasteiger partial charge in [-0.05, 0) is 64.2 Å². The fourth-order valence-corrected chi connectivity index (χ4v) is 6.96. The SMILES string of the molecule is CCCCCCCC/C=C\CCCCCCCCCCOCC(COP(=O)(O)OCC(N)C(=O)O)OC(=O)CCCCCCC/C=C\CCCCCCCC. The van der Waals surface area contributed by atoms with Crippen molar-refractivity contribution < 1.29 is 42.7 Å². The predicted octanol–water partition coefficient (Wildman–Crippen LogP) is 12.3. The third-order valence-corrected chi connectivity index (χ3v) is 10.7. The number of carboxylic acids is 1. The highest BCUT2D eigenvalue weighted by molar-refractivity contribution is 7.47. The summed E-state index contributed by atoms with van der Waals surface area (Å²) in [5.41, 5.74) is 5.36. The number of allylic oxidation sites excluding steroid dienone is 4. The molecule has 0 aliphatic heterocycles. The van der Waals surface area contributed by atoms with Gasteiger partial charge in [0.15, 0.2) is 0 Å². The van der Waals surface area contributed by atoms with Gasteiger partial charge < -0.3 is 25.2 Å². The number of carboxylic acid groups (broad SMARTS) is 1. The zero-order valence-corrected chi connectivity index (χ0v) is 36.2. The number of rotatable bonds is 43. The molecular formula is C44H84NO9P. The molecule has 3 unspecified atom stereocenters. The Kier molecular flexibility index (Phi) is 39.5. The second-order valence-electron chi connectivity index (χ2n) is 15.2. The molecule has 4 N–H and O–H groups in total. The second kappa shape index (κ2) is 40.6. The first-order valence-corrected chi connectivity index (χ1v) is 23.9. The summed E-state index contributed by atoms with van der Waals surface area (Å²) < 4.78 is 33.4. The standard InChI is InChI=1S/C44H84NO9P/c1-3-5-7-9-11-13-15-17-19-20-21-23-25-27-29-31-33-35-37-51-38-41(39-52-55(49,50)53-40-42(45)44(47)48)54-43(46)36-34-32-30-28-26-24-22-18-16-14-12-10-8-6-4-2/h17-19,22,41-42H,3-16,20-21,23-40,45H2,1-2H3,(H,47,48)(H,49,50)/b19-17-,22-18-. The van der Waals surface area contributed by atoms with Gasteiger partial charge in [0, 0.05) is 13.0 Å². The molecule has 0 spiro atoms. The third-order valence-electron chi connectivity index (χ3n) is 9.70. The summed E-state index contributed by atoms with van der Waals surface area (Å²) in [6.07, 6.45) is 43.7. The summed E-state index contributed by atoms with van der Waals surface area (Å²) >= 11 is 0. The van der Waals surface area contributed by atoms with Crippen LogP contribution < -0.4 is 5.73 Å². The van der Waals surface area contributed by atoms with Gasteiger partial charge in [-0.25, -0.2) is 4.57 Å². The number of phosphoric acid groups is 1. The van der Waals surface area contributed by atoms with Gasteiger partial charge in [0.2, 0.25) is 0 Å². The molecular weight excluding hydrogens is 717 g/mol. The third kappa shape index (κ3) is 40.4. The van der Waals surface area contributed by atoms with E-state index in [0.29, 0.717) is 13.0 Å². The fourth-order valence-electron chi connectivity index (χ4n) is 6.18. The normalized spacial score (nSPS) is 14.1. The van der Waals surface area contributed by atoms with Crippen molar-refractivity contribution in [2.24, 2.45) is 5.73 Å². The summed E-state index contributed by atoms with van der Waals surface area (Å²) in [6, 6.07) is -1.47. The molecule has 55 heavy (non-hydrogen) atoms. The van der Waals surface area contributed by atoms with Gasteiger partial charge in [0.05, 0.1) is 19.8 Å². The van der Waals surface area contributed by atoms with E-state index < -0.39 is 45.1 Å². The molecule has 0 aliphatic carbocycles. The van der Waals surface area contributed by atoms with Crippen molar-refractivity contribution in [3.05, 3.63) is 24.3 Å². The average molecular weight is 802 g/mol. The summed E-state index contributed by atoms with van der Waals surface area (Å²) in [4.78, 5) is 33.5. The van der Waals surface area contributed by atoms with E-state index in [4.69, 9.17) is 29.4 Å². The molecule has 0 aromatic carbocycles. The smallest absolute Gasteiger partial charge is 0.472 e. The minimum atomic E-state index is -4.62. The van der Waals surface area contributed by atoms with Crippen molar-refractivity contribution in [2.75, 3.05) is 26.4 Å². The van der Waals surface area contributed by atoms with Crippen LogP contribution in [0.1, 0.15) is 206 Å². The zero-order valence-electron chi connectivity index (χ0n) is 35.3. The van der Waals surface area contributed by atoms with Crippen molar-refractivity contribution >= 4 is 19.8 Å². The first kappa shape index (κ1) is 53.5. The number of aliphatic carboxylic acids is 1. The van der Waals surface area contributed by atoms with Gasteiger partial charge in [0.25, 0.3) is 0 Å². The van der Waals surface area contributed by atoms with E-state index in [2.05, 4.69) is 38.2 Å². The van der Waals surface area contributed by atoms with Crippen LogP contribution in [0.15, 0.2) is 24.3 Å². The van der Waals surface area contributed by atoms with Crippen molar-refractivity contribution in [3.8, 4) is 0 Å². The van der Waals surface area contributed by atoms with Crippen LogP contribution in [-0.2, 0) is 32.7 Å². The Morgan fingerprint density at radius 3 is 1.38 bits per heavy atom. The van der Waals surface area contributed by atoms with Crippen LogP contribution in [0.5, 0.6) is 0 Å². The van der Waals surface area contributed by atoms with E-state index in [1.54, 1.807) is 0 Å². The minimum absolute atomic E-state index is 0.0140. The predicted molar refractivity (Wildman–Crippen MR) is 226 cm³/mol. The minimum Gasteiger partial charge on any atom is -0.480 e. The summed E-state index contributed by atoms with van der Waals surface area (Å²) in [5.74, 6) is -1.78. The number of hydrogen-bond donors (Lipinski definition) is 3. The number of hydrogen-bond acceptors (Lipinski definition) is 8. The lowest BCUT2D eigenvalue weighted by Gasteiger charge is -2.20. The van der Waals surface area contributed by atoms with E-state index in [0.717, 1.165) is 51.4 Å². The van der Waals surface area contributed by atoms with Gasteiger partial charge >= 0.3 is 19.8 Å². The fraction of sp³-hybridized carbons (Fsp3) is 0.864. The van der Waals surface area contributed by atoms with Crippen molar-refractivity contribution in [1.29, 1.82) is 0 Å². The first-order chi connectivity index (χ1) is 26.7. The molecule has 10 nitrogen and oxygen atoms in total. The van der Waals surface area contributed by atoms with E-state index >= 15 is 0 Å². The molecule has 11 heteroatoms. The molecule has 0 fully saturated rings. The number of nitrogens with two attached hydrogens (primary N) is 1. The summed E-state index contributed by atoms with van der Waals surface area (Å²) in [7, 11) is -4.62. The maximum absolute atomic E-state index is 12.6. The molecule has 0 heterocycles. The number of ether oxygens (including phenoxy) is 2. The van der Waals surface area contributed by atoms with Crippen LogP contribution in [0, 0.1) is 0 Å². The molecule has 324 valence electrons. The highest BCUT2D eigenvalue weighted by atomic mass is 31.2. The number of phosphoric ester groups is 1. The maximum Gasteiger partial charge on any atom is 0.472 e. The zero-order chi connectivity index (χ0) is 40.5. The Bertz CT molecular complexity index is 977. The van der Waals surface area contributed by atoms with Gasteiger partial charge in [-0.2, -0.15) is 0 Å². The van der Waals surface area contributed by atoms with E-state index in [1.165, 1.54) is 128 Å². The lowest BCUT2D eigenvalue weighted by molar-refractivity contribution is -0.154. The Hall–Kier alpha value is -1.55. The number of carbonyl (C=O) groups excluding carboxylic acids is 1. The van der Waals surface area contributed by atoms with Crippen LogP contribution in [0.2, 0.25) is 0 Å². The topological polar surface area (TPSA) is 155 Å². The molecule has 3 atom stereocenters. The molecule has 0 bridgehead atoms. The van der Waals surface area contributed by atoms with E-state index in [1.807, 2.05) is 0 Å². The van der Waals surface area contributed by atoms with Crippen molar-refractivity contribution in [1.82, 2.24) is 0 Å². The highest BCUT2D eigenvalue weighted by Gasteiger charge is 2.27. The van der Waals surface area contributed by atoms with Crippen LogP contribution in [0.25, 0.3) is 0 Å². The molecule has 0 rings (SSSR count). The average Bonchev–Trinajstić information content (AvgIpc) is 3.16. The molecule has 0 radical (unpaired) electrons. The molecule has 0 aliphatic rings. The monoisotopic (exact) mass is 802 g/mol. The van der Waals surface area contributed by atoms with Crippen molar-refractivity contribution in [2.45, 2.75) is 219 Å². The molecule has 0 aromatic rings. The quantitative estimate of drug-likeness (QED) is 0.0235. The highest BCUT2D eigenvalue weighted by Crippen LogP contribution is 2.43. The van der Waals surface area contributed by atoms with Gasteiger partial charge in [0.1, 0.15) is 12.1 Å². The summed E-state index contributed by atoms with van der Waals surface area (Å²) in [5, 5.41) is 8.89. The Balaban J connectivity index is 4.22. The first-order valence-electron chi connectivity index (χ1n) is 22.4. The Morgan fingerprint density at radius 2 is 0.945 bits per heavy atom. The number of unbranched alkanes of at least 4 members (excludes halogenated alkanes) is 25. The molecule has 0 saturated heterocycles. The van der Waals surface area contributed by atoms with Gasteiger partial charge in [-0.15, -0.1) is 0 Å². The van der Waals surface area contributed by atoms with Crippen LogP contribution in [0.3, 0.4) is 0 Å². The number of esters is 1. The molecule has 0 saturated carbocycles. The Morgan fingerprint density at radius 1 is 0.564 bits per heavy atom. The van der Waals surface area contributed by atoms with Gasteiger partial charge in [-0.1, -0.05) is 160 Å². The lowest BCUT2D eigenvalue weighted by Crippen LogP contribution is -2.34. The largest absolute Gasteiger partial charge is 0.480 e. The van der Waals surface area contributed by atoms with Crippen LogP contribution in [-0.4, -0.2) is 60.5 Å². The van der Waals surface area contributed by atoms with E-state index in [-0.39, 0.29) is 13.0 Å². The lowest BCUT2D eigenvalue weighted by atomic mass is 10.1. The Labute approximate surface area is 336 Å². The van der Waals surface area contributed by atoms with Crippen LogP contribution >= 0.6 is 7.82 Å². The van der Waals surface area contributed by atoms with E-state index in [9.17, 15) is 19.0 Å². The summed E-state index contributed by atoms with van der Waals surface area (Å²) in [6.45, 7) is 3.87. The van der Waals surface area contributed by atoms with Gasteiger partial charge in [-0.3, -0.25) is 18.6 Å². The molecule has 0 aromatic heterocycles. The van der Waals surface area contributed by atoms with Crippen molar-refractivity contribution in [3.63, 3.8) is 0 Å².